The van der Waals surface area contributed by atoms with Gasteiger partial charge in [-0.15, -0.1) is 5.10 Å². The molecule has 6 heteroatoms. The number of hydrogen-bond acceptors (Lipinski definition) is 5. The molecule has 0 saturated heterocycles. The third kappa shape index (κ3) is 1.89. The predicted molar refractivity (Wildman–Crippen MR) is 58.4 cm³/mol. The summed E-state index contributed by atoms with van der Waals surface area (Å²) in [6, 6.07) is 1.98. The molecular weight excluding hydrogens is 192 g/mol. The van der Waals surface area contributed by atoms with Crippen LogP contribution in [0.1, 0.15) is 6.92 Å². The van der Waals surface area contributed by atoms with Gasteiger partial charge in [0, 0.05) is 25.8 Å². The summed E-state index contributed by atoms with van der Waals surface area (Å²) in [5.41, 5.74) is 8.14. The van der Waals surface area contributed by atoms with Crippen molar-refractivity contribution in [3.05, 3.63) is 12.3 Å². The van der Waals surface area contributed by atoms with E-state index in [1.165, 1.54) is 0 Å². The fraction of sp³-hybridized carbons (Fsp3) is 0.444. The summed E-state index contributed by atoms with van der Waals surface area (Å²) in [6.45, 7) is 2.65. The highest BCUT2D eigenvalue weighted by atomic mass is 15.4. The van der Waals surface area contributed by atoms with Crippen LogP contribution in [0.5, 0.6) is 0 Å². The van der Waals surface area contributed by atoms with E-state index < -0.39 is 0 Å². The first-order valence-electron chi connectivity index (χ1n) is 4.82. The van der Waals surface area contributed by atoms with Gasteiger partial charge >= 0.3 is 0 Å². The van der Waals surface area contributed by atoms with Crippen molar-refractivity contribution in [2.75, 3.05) is 11.9 Å². The molecule has 0 radical (unpaired) electrons. The van der Waals surface area contributed by atoms with Crippen molar-refractivity contribution in [1.29, 1.82) is 0 Å². The van der Waals surface area contributed by atoms with Crippen molar-refractivity contribution in [3.63, 3.8) is 0 Å². The molecule has 0 saturated carbocycles. The number of aromatic nitrogens is 4. The first-order valence-corrected chi connectivity index (χ1v) is 4.82. The van der Waals surface area contributed by atoms with Crippen molar-refractivity contribution in [2.24, 2.45) is 12.8 Å². The molecule has 0 aliphatic heterocycles. The number of anilines is 1. The molecule has 2 aromatic heterocycles. The van der Waals surface area contributed by atoms with Gasteiger partial charge in [-0.2, -0.15) is 0 Å². The van der Waals surface area contributed by atoms with Crippen LogP contribution in [0.25, 0.3) is 11.2 Å². The lowest BCUT2D eigenvalue weighted by Crippen LogP contribution is -2.25. The molecule has 2 rings (SSSR count). The lowest BCUT2D eigenvalue weighted by atomic mass is 10.3. The third-order valence-electron chi connectivity index (χ3n) is 2.10. The number of nitrogens with one attached hydrogen (secondary N) is 1. The smallest absolute Gasteiger partial charge is 0.180 e. The highest BCUT2D eigenvalue weighted by Crippen LogP contribution is 2.17. The van der Waals surface area contributed by atoms with E-state index in [0.717, 1.165) is 16.9 Å². The first-order chi connectivity index (χ1) is 7.18. The zero-order chi connectivity index (χ0) is 10.8. The van der Waals surface area contributed by atoms with Crippen molar-refractivity contribution in [2.45, 2.75) is 13.0 Å². The van der Waals surface area contributed by atoms with Gasteiger partial charge < -0.3 is 11.1 Å². The van der Waals surface area contributed by atoms with Gasteiger partial charge in [0.25, 0.3) is 0 Å². The zero-order valence-corrected chi connectivity index (χ0v) is 8.81. The second kappa shape index (κ2) is 3.82. The van der Waals surface area contributed by atoms with E-state index in [9.17, 15) is 0 Å². The van der Waals surface area contributed by atoms with Crippen LogP contribution in [0.4, 0.5) is 5.69 Å². The summed E-state index contributed by atoms with van der Waals surface area (Å²) in [5.74, 6) is 0. The average molecular weight is 206 g/mol. The molecule has 1 unspecified atom stereocenters. The zero-order valence-electron chi connectivity index (χ0n) is 8.81. The Hall–Kier alpha value is -1.69. The second-order valence-corrected chi connectivity index (χ2v) is 3.60. The normalized spacial score (nSPS) is 13.0. The highest BCUT2D eigenvalue weighted by Gasteiger charge is 2.07. The highest BCUT2D eigenvalue weighted by molar-refractivity contribution is 5.84. The van der Waals surface area contributed by atoms with Crippen LogP contribution in [0.2, 0.25) is 0 Å². The Morgan fingerprint density at radius 3 is 3.13 bits per heavy atom. The summed E-state index contributed by atoms with van der Waals surface area (Å²) in [7, 11) is 1.82. The monoisotopic (exact) mass is 206 g/mol. The van der Waals surface area contributed by atoms with Crippen molar-refractivity contribution < 1.29 is 0 Å². The van der Waals surface area contributed by atoms with Gasteiger partial charge in [-0.1, -0.05) is 5.21 Å². The summed E-state index contributed by atoms with van der Waals surface area (Å²) in [4.78, 5) is 4.20. The molecule has 6 nitrogen and oxygen atoms in total. The summed E-state index contributed by atoms with van der Waals surface area (Å²) < 4.78 is 1.65. The summed E-state index contributed by atoms with van der Waals surface area (Å²) in [5, 5.41) is 11.2. The Kier molecular flexibility index (Phi) is 2.51. The van der Waals surface area contributed by atoms with E-state index in [1.807, 2.05) is 20.0 Å². The molecule has 0 bridgehead atoms. The van der Waals surface area contributed by atoms with Crippen molar-refractivity contribution in [3.8, 4) is 0 Å². The maximum absolute atomic E-state index is 5.67. The average Bonchev–Trinajstić information content (AvgIpc) is 2.58. The van der Waals surface area contributed by atoms with Crippen molar-refractivity contribution in [1.82, 2.24) is 20.0 Å². The number of fused-ring (bicyclic) bond motifs is 1. The van der Waals surface area contributed by atoms with Crippen LogP contribution in [-0.2, 0) is 7.05 Å². The molecule has 2 aromatic rings. The molecule has 0 spiro atoms. The number of rotatable bonds is 3. The van der Waals surface area contributed by atoms with E-state index in [-0.39, 0.29) is 6.04 Å². The molecule has 3 N–H and O–H groups in total. The van der Waals surface area contributed by atoms with Gasteiger partial charge in [-0.25, -0.2) is 9.67 Å². The Morgan fingerprint density at radius 1 is 1.60 bits per heavy atom. The quantitative estimate of drug-likeness (QED) is 0.745. The van der Waals surface area contributed by atoms with Crippen LogP contribution in [0.15, 0.2) is 12.3 Å². The maximum atomic E-state index is 5.67. The number of aryl methyl sites for hydroxylation is 1. The van der Waals surface area contributed by atoms with E-state index in [4.69, 9.17) is 5.73 Å². The fourth-order valence-corrected chi connectivity index (χ4v) is 1.35. The molecule has 80 valence electrons. The summed E-state index contributed by atoms with van der Waals surface area (Å²) in [6.07, 6.45) is 1.73. The van der Waals surface area contributed by atoms with E-state index in [0.29, 0.717) is 6.54 Å². The first kappa shape index (κ1) is 9.85. The Labute approximate surface area is 87.5 Å². The molecule has 0 amide bonds. The molecule has 15 heavy (non-hydrogen) atoms. The van der Waals surface area contributed by atoms with E-state index >= 15 is 0 Å². The third-order valence-corrected chi connectivity index (χ3v) is 2.10. The van der Waals surface area contributed by atoms with E-state index in [1.54, 1.807) is 10.9 Å². The number of hydrogen-bond donors (Lipinski definition) is 2. The fourth-order valence-electron chi connectivity index (χ4n) is 1.35. The van der Waals surface area contributed by atoms with Gasteiger partial charge in [0.15, 0.2) is 11.2 Å². The number of nitrogens with two attached hydrogens (primary N) is 1. The summed E-state index contributed by atoms with van der Waals surface area (Å²) >= 11 is 0. The maximum Gasteiger partial charge on any atom is 0.180 e. The van der Waals surface area contributed by atoms with Crippen molar-refractivity contribution >= 4 is 16.9 Å². The van der Waals surface area contributed by atoms with Crippen LogP contribution in [-0.4, -0.2) is 32.6 Å². The van der Waals surface area contributed by atoms with Crippen LogP contribution in [0.3, 0.4) is 0 Å². The molecule has 0 fully saturated rings. The lowest BCUT2D eigenvalue weighted by molar-refractivity contribution is 0.730. The van der Waals surface area contributed by atoms with Crippen LogP contribution >= 0.6 is 0 Å². The topological polar surface area (TPSA) is 81.7 Å². The minimum Gasteiger partial charge on any atom is -0.382 e. The molecular formula is C9H14N6. The molecule has 0 aliphatic rings. The van der Waals surface area contributed by atoms with Gasteiger partial charge in [-0.3, -0.25) is 0 Å². The Balaban J connectivity index is 2.34. The SMILES string of the molecule is CC(N)CNc1ccnc2c1nnn2C. The van der Waals surface area contributed by atoms with E-state index in [2.05, 4.69) is 20.6 Å². The van der Waals surface area contributed by atoms with Gasteiger partial charge in [-0.05, 0) is 13.0 Å². The number of pyridine rings is 1. The molecule has 1 atom stereocenters. The number of nitrogens with zero attached hydrogens (tertiary/aromatic N) is 4. The molecule has 0 aromatic carbocycles. The van der Waals surface area contributed by atoms with Gasteiger partial charge in [0.2, 0.25) is 0 Å². The lowest BCUT2D eigenvalue weighted by Gasteiger charge is -2.08. The minimum atomic E-state index is 0.102. The molecule has 2 heterocycles. The largest absolute Gasteiger partial charge is 0.382 e. The Bertz CT molecular complexity index is 461. The van der Waals surface area contributed by atoms with Gasteiger partial charge in [0.05, 0.1) is 5.69 Å². The Morgan fingerprint density at radius 2 is 2.40 bits per heavy atom. The second-order valence-electron chi connectivity index (χ2n) is 3.60. The molecule has 0 aliphatic carbocycles. The van der Waals surface area contributed by atoms with Crippen LogP contribution in [0, 0.1) is 0 Å². The minimum absolute atomic E-state index is 0.102. The van der Waals surface area contributed by atoms with Crippen LogP contribution < -0.4 is 11.1 Å². The predicted octanol–water partition coefficient (Wildman–Crippen LogP) is 0.122. The van der Waals surface area contributed by atoms with Gasteiger partial charge in [0.1, 0.15) is 0 Å². The standard InChI is InChI=1S/C9H14N6/c1-6(10)5-12-7-3-4-11-9-8(7)13-14-15(9)2/h3-4,6H,5,10H2,1-2H3,(H,11,12).